The van der Waals surface area contributed by atoms with Gasteiger partial charge in [-0.05, 0) is 36.0 Å². The Kier molecular flexibility index (Phi) is 5.02. The van der Waals surface area contributed by atoms with Gasteiger partial charge in [-0.25, -0.2) is 9.78 Å². The van der Waals surface area contributed by atoms with E-state index in [1.807, 2.05) is 25.1 Å². The number of rotatable bonds is 2. The molecule has 6 nitrogen and oxygen atoms in total. The monoisotopic (exact) mass is 385 g/mol. The maximum atomic E-state index is 12.4. The van der Waals surface area contributed by atoms with Crippen molar-refractivity contribution in [1.29, 1.82) is 0 Å². The topological polar surface area (TPSA) is 95.1 Å². The third-order valence-electron chi connectivity index (χ3n) is 5.39. The van der Waals surface area contributed by atoms with Crippen LogP contribution in [0, 0.1) is 23.7 Å². The Morgan fingerprint density at radius 1 is 1.19 bits per heavy atom. The molecule has 1 aromatic carbocycles. The number of aromatic amines is 1. The third kappa shape index (κ3) is 4.06. The third-order valence-corrected chi connectivity index (χ3v) is 5.39. The molecule has 0 saturated heterocycles. The number of aryl methyl sites for hydroxylation is 1. The van der Waals surface area contributed by atoms with E-state index in [4.69, 9.17) is 9.90 Å². The molecule has 0 atom stereocenters. The van der Waals surface area contributed by atoms with Gasteiger partial charge in [0, 0.05) is 11.6 Å². The average Bonchev–Trinajstić information content (AvgIpc) is 2.76. The van der Waals surface area contributed by atoms with E-state index in [1.54, 1.807) is 0 Å². The number of alkyl halides is 3. The summed E-state index contributed by atoms with van der Waals surface area (Å²) >= 11 is 0. The number of benzene rings is 1. The molecule has 0 unspecified atom stereocenters. The molecule has 9 heteroatoms. The normalized spacial score (nSPS) is 17.8. The van der Waals surface area contributed by atoms with Gasteiger partial charge >= 0.3 is 12.1 Å². The van der Waals surface area contributed by atoms with Crippen molar-refractivity contribution in [3.05, 3.63) is 24.0 Å². The van der Waals surface area contributed by atoms with Crippen LogP contribution in [0.4, 0.5) is 18.9 Å². The lowest BCUT2D eigenvalue weighted by atomic mass is 10.0. The van der Waals surface area contributed by atoms with Crippen molar-refractivity contribution in [3.8, 4) is 0 Å². The number of carbonyl (C=O) groups excluding carboxylic acids is 1. The number of halogens is 3. The molecule has 0 radical (unpaired) electrons. The van der Waals surface area contributed by atoms with Crippen LogP contribution in [-0.4, -0.2) is 33.1 Å². The summed E-state index contributed by atoms with van der Waals surface area (Å²) in [4.78, 5) is 28.9. The van der Waals surface area contributed by atoms with Crippen molar-refractivity contribution in [2.24, 2.45) is 16.7 Å². The summed E-state index contributed by atoms with van der Waals surface area (Å²) in [6, 6.07) is 5.77. The predicted octanol–water partition coefficient (Wildman–Crippen LogP) is 4.13. The van der Waals surface area contributed by atoms with Crippen LogP contribution in [0.5, 0.6) is 0 Å². The molecule has 27 heavy (non-hydrogen) atoms. The van der Waals surface area contributed by atoms with Gasteiger partial charge in [0.25, 0.3) is 0 Å². The fraction of sp³-hybridized carbons (Fsp3) is 0.500. The van der Waals surface area contributed by atoms with Crippen LogP contribution in [-0.2, 0) is 9.59 Å². The zero-order valence-corrected chi connectivity index (χ0v) is 15.7. The number of fused-ring (bicyclic) bond motifs is 1. The summed E-state index contributed by atoms with van der Waals surface area (Å²) in [7, 11) is 0. The molecule has 1 saturated carbocycles. The minimum Gasteiger partial charge on any atom is -0.475 e. The minimum absolute atomic E-state index is 0.0613. The number of carbonyl (C=O) groups is 2. The van der Waals surface area contributed by atoms with Crippen molar-refractivity contribution < 1.29 is 27.9 Å². The molecule has 3 rings (SSSR count). The van der Waals surface area contributed by atoms with Crippen LogP contribution >= 0.6 is 0 Å². The number of nitrogens with zero attached hydrogens (tertiary/aromatic N) is 1. The predicted molar refractivity (Wildman–Crippen MR) is 94.2 cm³/mol. The van der Waals surface area contributed by atoms with Gasteiger partial charge in [0.05, 0.1) is 11.0 Å². The van der Waals surface area contributed by atoms with Gasteiger partial charge in [0.2, 0.25) is 5.91 Å². The molecule has 1 fully saturated rings. The fourth-order valence-corrected chi connectivity index (χ4v) is 3.28. The number of anilines is 1. The van der Waals surface area contributed by atoms with Gasteiger partial charge in [-0.3, -0.25) is 4.79 Å². The van der Waals surface area contributed by atoms with Crippen molar-refractivity contribution in [2.75, 3.05) is 5.32 Å². The molecular formula is C18H22F3N3O3. The highest BCUT2D eigenvalue weighted by atomic mass is 19.4. The van der Waals surface area contributed by atoms with Gasteiger partial charge in [0.1, 0.15) is 5.82 Å². The van der Waals surface area contributed by atoms with Crippen LogP contribution in [0.1, 0.15) is 33.5 Å². The van der Waals surface area contributed by atoms with E-state index >= 15 is 0 Å². The second kappa shape index (κ2) is 6.54. The minimum atomic E-state index is -5.08. The zero-order valence-electron chi connectivity index (χ0n) is 15.7. The Morgan fingerprint density at radius 3 is 2.15 bits per heavy atom. The summed E-state index contributed by atoms with van der Waals surface area (Å²) < 4.78 is 31.7. The van der Waals surface area contributed by atoms with Crippen LogP contribution in [0.25, 0.3) is 11.0 Å². The van der Waals surface area contributed by atoms with Crippen molar-refractivity contribution >= 4 is 28.6 Å². The maximum Gasteiger partial charge on any atom is 0.490 e. The number of hydrogen-bond donors (Lipinski definition) is 3. The van der Waals surface area contributed by atoms with Crippen molar-refractivity contribution in [1.82, 2.24) is 9.97 Å². The summed E-state index contributed by atoms with van der Waals surface area (Å²) in [5.41, 5.74) is 2.82. The summed E-state index contributed by atoms with van der Waals surface area (Å²) in [5, 5.41) is 10.2. The van der Waals surface area contributed by atoms with Crippen LogP contribution < -0.4 is 5.32 Å². The summed E-state index contributed by atoms with van der Waals surface area (Å²) in [6.45, 7) is 10.5. The van der Waals surface area contributed by atoms with E-state index in [2.05, 4.69) is 43.0 Å². The molecule has 1 aromatic heterocycles. The Morgan fingerprint density at radius 2 is 1.70 bits per heavy atom. The molecule has 1 aliphatic rings. The zero-order chi connectivity index (χ0) is 20.8. The van der Waals surface area contributed by atoms with Gasteiger partial charge in [-0.2, -0.15) is 13.2 Å². The SMILES string of the molecule is Cc1nc2ccc(NC(=O)C3C(C)(C)C3(C)C)cc2[nH]1.O=C(O)C(F)(F)F. The molecule has 0 aliphatic heterocycles. The summed E-state index contributed by atoms with van der Waals surface area (Å²) in [5.74, 6) is -1.70. The first-order valence-corrected chi connectivity index (χ1v) is 8.25. The van der Waals surface area contributed by atoms with E-state index in [9.17, 15) is 18.0 Å². The number of hydrogen-bond acceptors (Lipinski definition) is 3. The lowest BCUT2D eigenvalue weighted by Crippen LogP contribution is -2.21. The van der Waals surface area contributed by atoms with Gasteiger partial charge in [-0.15, -0.1) is 0 Å². The molecule has 0 spiro atoms. The molecule has 3 N–H and O–H groups in total. The Balaban J connectivity index is 0.000000321. The number of imidazole rings is 1. The molecule has 2 aromatic rings. The van der Waals surface area contributed by atoms with Gasteiger partial charge in [-0.1, -0.05) is 27.7 Å². The van der Waals surface area contributed by atoms with E-state index in [0.29, 0.717) is 0 Å². The maximum absolute atomic E-state index is 12.4. The first kappa shape index (κ1) is 20.7. The van der Waals surface area contributed by atoms with E-state index < -0.39 is 12.1 Å². The smallest absolute Gasteiger partial charge is 0.475 e. The number of nitrogens with one attached hydrogen (secondary N) is 2. The number of carboxylic acid groups (broad SMARTS) is 1. The van der Waals surface area contributed by atoms with Gasteiger partial charge in [0.15, 0.2) is 0 Å². The number of aliphatic carboxylic acids is 1. The lowest BCUT2D eigenvalue weighted by molar-refractivity contribution is -0.192. The van der Waals surface area contributed by atoms with Crippen LogP contribution in [0.15, 0.2) is 18.2 Å². The Hall–Kier alpha value is -2.58. The quantitative estimate of drug-likeness (QED) is 0.725. The lowest BCUT2D eigenvalue weighted by Gasteiger charge is -2.06. The van der Waals surface area contributed by atoms with Crippen molar-refractivity contribution in [2.45, 2.75) is 40.8 Å². The average molecular weight is 385 g/mol. The van der Waals surface area contributed by atoms with E-state index in [-0.39, 0.29) is 22.7 Å². The highest BCUT2D eigenvalue weighted by Crippen LogP contribution is 2.68. The van der Waals surface area contributed by atoms with E-state index in [1.165, 1.54) is 0 Å². The number of carboxylic acids is 1. The number of amides is 1. The van der Waals surface area contributed by atoms with Gasteiger partial charge < -0.3 is 15.4 Å². The first-order valence-electron chi connectivity index (χ1n) is 8.25. The van der Waals surface area contributed by atoms with Crippen molar-refractivity contribution in [3.63, 3.8) is 0 Å². The summed E-state index contributed by atoms with van der Waals surface area (Å²) in [6.07, 6.45) is -5.08. The number of H-pyrrole nitrogens is 1. The molecule has 1 aliphatic carbocycles. The second-order valence-corrected chi connectivity index (χ2v) is 7.72. The Bertz CT molecular complexity index is 871. The molecule has 148 valence electrons. The largest absolute Gasteiger partial charge is 0.490 e. The second-order valence-electron chi connectivity index (χ2n) is 7.72. The molecule has 1 heterocycles. The highest BCUT2D eigenvalue weighted by molar-refractivity contribution is 5.97. The molecule has 1 amide bonds. The highest BCUT2D eigenvalue weighted by Gasteiger charge is 2.68. The van der Waals surface area contributed by atoms with Crippen LogP contribution in [0.3, 0.4) is 0 Å². The standard InChI is InChI=1S/C16H21N3O.C2HF3O2/c1-9-17-11-7-6-10(8-12(11)18-9)19-14(20)13-15(2,3)16(13,4)5;3-2(4,5)1(6)7/h6-8,13H,1-5H3,(H,17,18)(H,19,20);(H,6,7). The molecule has 0 bridgehead atoms. The molecular weight excluding hydrogens is 363 g/mol. The fourth-order valence-electron chi connectivity index (χ4n) is 3.28. The van der Waals surface area contributed by atoms with E-state index in [0.717, 1.165) is 22.5 Å². The number of aromatic nitrogens is 2. The first-order chi connectivity index (χ1) is 12.2. The van der Waals surface area contributed by atoms with Crippen LogP contribution in [0.2, 0.25) is 0 Å². The Labute approximate surface area is 154 Å².